The van der Waals surface area contributed by atoms with Gasteiger partial charge in [-0.2, -0.15) is 0 Å². The van der Waals surface area contributed by atoms with Gasteiger partial charge in [0.15, 0.2) is 0 Å². The molecule has 1 atom stereocenters. The van der Waals surface area contributed by atoms with Crippen LogP contribution < -0.4 is 0 Å². The van der Waals surface area contributed by atoms with E-state index in [1.54, 1.807) is 0 Å². The molecule has 0 aliphatic carbocycles. The van der Waals surface area contributed by atoms with E-state index in [1.807, 2.05) is 17.3 Å². The third-order valence-electron chi connectivity index (χ3n) is 3.27. The molecule has 2 heteroatoms. The van der Waals surface area contributed by atoms with Crippen LogP contribution in [-0.2, 0) is 0 Å². The lowest BCUT2D eigenvalue weighted by molar-refractivity contribution is 0.554. The van der Waals surface area contributed by atoms with Crippen molar-refractivity contribution in [3.8, 4) is 0 Å². The number of aliphatic imine (C=N–C) groups is 1. The van der Waals surface area contributed by atoms with Gasteiger partial charge in [-0.05, 0) is 6.42 Å². The Morgan fingerprint density at radius 2 is 1.62 bits per heavy atom. The van der Waals surface area contributed by atoms with E-state index < -0.39 is 0 Å². The van der Waals surface area contributed by atoms with E-state index in [2.05, 4.69) is 11.9 Å². The monoisotopic (exact) mass is 241 g/mol. The van der Waals surface area contributed by atoms with Gasteiger partial charge in [0.05, 0.1) is 12.1 Å². The first-order valence-electron chi connectivity index (χ1n) is 7.07. The van der Waals surface area contributed by atoms with Crippen LogP contribution in [0.1, 0.15) is 71.1 Å². The number of nitrogens with zero attached hydrogens (tertiary/aromatic N) is 1. The Bertz CT molecular complexity index is 172. The minimum Gasteiger partial charge on any atom is -0.285 e. The first-order valence-corrected chi connectivity index (χ1v) is 8.01. The van der Waals surface area contributed by atoms with E-state index >= 15 is 0 Å². The molecule has 0 aromatic rings. The maximum atomic E-state index is 4.26. The lowest BCUT2D eigenvalue weighted by Gasteiger charge is -2.06. The Morgan fingerprint density at radius 1 is 1.00 bits per heavy atom. The van der Waals surface area contributed by atoms with Gasteiger partial charge in [0.2, 0.25) is 0 Å². The predicted molar refractivity (Wildman–Crippen MR) is 76.6 cm³/mol. The molecule has 0 spiro atoms. The molecular formula is C14H27NS. The summed E-state index contributed by atoms with van der Waals surface area (Å²) >= 11 is 1.93. The highest BCUT2D eigenvalue weighted by Gasteiger charge is 2.10. The van der Waals surface area contributed by atoms with E-state index in [9.17, 15) is 0 Å². The van der Waals surface area contributed by atoms with Crippen molar-refractivity contribution in [2.45, 2.75) is 76.4 Å². The van der Waals surface area contributed by atoms with Crippen molar-refractivity contribution >= 4 is 17.3 Å². The molecule has 0 radical (unpaired) electrons. The van der Waals surface area contributed by atoms with Gasteiger partial charge in [0.25, 0.3) is 0 Å². The first kappa shape index (κ1) is 14.1. The summed E-state index contributed by atoms with van der Waals surface area (Å²) in [6.45, 7) is 3.35. The summed E-state index contributed by atoms with van der Waals surface area (Å²) in [5, 5.41) is 0.810. The van der Waals surface area contributed by atoms with Crippen molar-refractivity contribution < 1.29 is 0 Å². The van der Waals surface area contributed by atoms with E-state index in [4.69, 9.17) is 0 Å². The molecule has 1 unspecified atom stereocenters. The van der Waals surface area contributed by atoms with Crippen LogP contribution in [0.5, 0.6) is 0 Å². The van der Waals surface area contributed by atoms with E-state index in [0.29, 0.717) is 0 Å². The first-order chi connectivity index (χ1) is 7.93. The third-order valence-corrected chi connectivity index (χ3v) is 4.31. The number of unbranched alkanes of at least 4 members (excludes halogenated alkanes) is 8. The molecule has 1 heterocycles. The maximum absolute atomic E-state index is 4.26. The second kappa shape index (κ2) is 10.2. The summed E-state index contributed by atoms with van der Waals surface area (Å²) in [5.74, 6) is 0. The summed E-state index contributed by atoms with van der Waals surface area (Å²) < 4.78 is 0. The van der Waals surface area contributed by atoms with Gasteiger partial charge in [-0.25, -0.2) is 0 Å². The van der Waals surface area contributed by atoms with Gasteiger partial charge in [0, 0.05) is 5.25 Å². The Labute approximate surface area is 105 Å². The molecule has 0 bridgehead atoms. The molecule has 0 N–H and O–H groups in total. The van der Waals surface area contributed by atoms with E-state index in [1.165, 1.54) is 64.2 Å². The average molecular weight is 241 g/mol. The number of thioether (sulfide) groups is 1. The molecule has 0 aromatic carbocycles. The fourth-order valence-corrected chi connectivity index (χ4v) is 2.99. The summed E-state index contributed by atoms with van der Waals surface area (Å²) in [5.41, 5.74) is 2.03. The van der Waals surface area contributed by atoms with Crippen LogP contribution in [0.2, 0.25) is 0 Å². The van der Waals surface area contributed by atoms with Gasteiger partial charge in [-0.15, -0.1) is 11.8 Å². The van der Waals surface area contributed by atoms with Crippen LogP contribution in [0.25, 0.3) is 0 Å². The SMILES string of the molecule is CCCCCCCCCCCC1CN=CS1. The van der Waals surface area contributed by atoms with Gasteiger partial charge >= 0.3 is 0 Å². The smallest absolute Gasteiger partial charge is 0.0544 e. The minimum atomic E-state index is 0.810. The molecule has 1 nitrogen and oxygen atoms in total. The Balaban J connectivity index is 1.71. The van der Waals surface area contributed by atoms with E-state index in [-0.39, 0.29) is 0 Å². The van der Waals surface area contributed by atoms with Crippen molar-refractivity contribution in [1.82, 2.24) is 0 Å². The molecule has 0 aromatic heterocycles. The highest BCUT2D eigenvalue weighted by atomic mass is 32.2. The van der Waals surface area contributed by atoms with E-state index in [0.717, 1.165) is 11.8 Å². The van der Waals surface area contributed by atoms with Gasteiger partial charge in [-0.1, -0.05) is 64.7 Å². The van der Waals surface area contributed by atoms with Crippen molar-refractivity contribution in [3.05, 3.63) is 0 Å². The topological polar surface area (TPSA) is 12.4 Å². The zero-order valence-corrected chi connectivity index (χ0v) is 11.6. The Kier molecular flexibility index (Phi) is 8.97. The second-order valence-corrected chi connectivity index (χ2v) is 6.00. The highest BCUT2D eigenvalue weighted by molar-refractivity contribution is 8.12. The molecule has 94 valence electrons. The highest BCUT2D eigenvalue weighted by Crippen LogP contribution is 2.21. The molecule has 0 saturated heterocycles. The van der Waals surface area contributed by atoms with Crippen LogP contribution in [0, 0.1) is 0 Å². The lowest BCUT2D eigenvalue weighted by atomic mass is 10.1. The average Bonchev–Trinajstić information content (AvgIpc) is 2.80. The summed E-state index contributed by atoms with van der Waals surface area (Å²) in [7, 11) is 0. The molecule has 1 aliphatic rings. The molecule has 16 heavy (non-hydrogen) atoms. The minimum absolute atomic E-state index is 0.810. The van der Waals surface area contributed by atoms with Crippen LogP contribution in [0.15, 0.2) is 4.99 Å². The number of hydrogen-bond donors (Lipinski definition) is 0. The fourth-order valence-electron chi connectivity index (χ4n) is 2.17. The normalized spacial score (nSPS) is 19.4. The van der Waals surface area contributed by atoms with Crippen molar-refractivity contribution in [2.75, 3.05) is 6.54 Å². The number of rotatable bonds is 10. The van der Waals surface area contributed by atoms with Crippen molar-refractivity contribution in [2.24, 2.45) is 4.99 Å². The molecule has 1 aliphatic heterocycles. The summed E-state index contributed by atoms with van der Waals surface area (Å²) in [4.78, 5) is 4.26. The third kappa shape index (κ3) is 7.32. The lowest BCUT2D eigenvalue weighted by Crippen LogP contribution is -2.01. The number of hydrogen-bond acceptors (Lipinski definition) is 2. The molecule has 0 saturated carbocycles. The fraction of sp³-hybridized carbons (Fsp3) is 0.929. The van der Waals surface area contributed by atoms with Crippen LogP contribution in [0.3, 0.4) is 0 Å². The molecule has 0 amide bonds. The zero-order chi connectivity index (χ0) is 11.5. The van der Waals surface area contributed by atoms with Gasteiger partial charge < -0.3 is 0 Å². The van der Waals surface area contributed by atoms with Crippen LogP contribution in [-0.4, -0.2) is 17.3 Å². The van der Waals surface area contributed by atoms with Crippen LogP contribution >= 0.6 is 11.8 Å². The zero-order valence-electron chi connectivity index (χ0n) is 10.8. The Morgan fingerprint density at radius 3 is 2.19 bits per heavy atom. The van der Waals surface area contributed by atoms with Gasteiger partial charge in [0.1, 0.15) is 0 Å². The second-order valence-electron chi connectivity index (χ2n) is 4.85. The predicted octanol–water partition coefficient (Wildman–Crippen LogP) is 5.05. The maximum Gasteiger partial charge on any atom is 0.0544 e. The van der Waals surface area contributed by atoms with Gasteiger partial charge in [-0.3, -0.25) is 4.99 Å². The molecular weight excluding hydrogens is 214 g/mol. The summed E-state index contributed by atoms with van der Waals surface area (Å²) in [6, 6.07) is 0. The van der Waals surface area contributed by atoms with Crippen LogP contribution in [0.4, 0.5) is 0 Å². The Hall–Kier alpha value is 0.0200. The van der Waals surface area contributed by atoms with Crippen molar-refractivity contribution in [1.29, 1.82) is 0 Å². The molecule has 1 rings (SSSR count). The standard InChI is InChI=1S/C14H27NS/c1-2-3-4-5-6-7-8-9-10-11-14-12-15-13-16-14/h13-14H,2-12H2,1H3. The summed E-state index contributed by atoms with van der Waals surface area (Å²) in [6.07, 6.45) is 14.3. The molecule has 0 fully saturated rings. The largest absolute Gasteiger partial charge is 0.285 e. The van der Waals surface area contributed by atoms with Crippen molar-refractivity contribution in [3.63, 3.8) is 0 Å². The quantitative estimate of drug-likeness (QED) is 0.487.